The number of nitrogens with zero attached hydrogens (tertiary/aromatic N) is 1. The van der Waals surface area contributed by atoms with Gasteiger partial charge in [0.1, 0.15) is 5.69 Å². The number of halogens is 4. The van der Waals surface area contributed by atoms with Crippen LogP contribution in [0.3, 0.4) is 0 Å². The molecule has 0 aliphatic carbocycles. The van der Waals surface area contributed by atoms with E-state index in [-0.39, 0.29) is 5.69 Å². The normalized spacial score (nSPS) is 18.0. The van der Waals surface area contributed by atoms with Gasteiger partial charge in [-0.1, -0.05) is 15.9 Å². The zero-order valence-corrected chi connectivity index (χ0v) is 11.4. The second-order valence-corrected chi connectivity index (χ2v) is 7.25. The molecule has 0 aromatic heterocycles. The molecule has 0 amide bonds. The lowest BCUT2D eigenvalue weighted by atomic mass is 10.3. The summed E-state index contributed by atoms with van der Waals surface area (Å²) < 4.78 is 56.9. The molecule has 0 N–H and O–H groups in total. The number of hydrogen-bond acceptors (Lipinski definition) is 3. The minimum atomic E-state index is -4.79. The van der Waals surface area contributed by atoms with Crippen LogP contribution in [0.5, 0.6) is 5.75 Å². The number of ether oxygens (including phenoxy) is 1. The van der Waals surface area contributed by atoms with Gasteiger partial charge in [-0.25, -0.2) is 4.21 Å². The van der Waals surface area contributed by atoms with Crippen molar-refractivity contribution >= 4 is 31.3 Å². The van der Waals surface area contributed by atoms with Crippen molar-refractivity contribution in [2.75, 3.05) is 11.5 Å². The van der Waals surface area contributed by atoms with Crippen molar-refractivity contribution in [2.24, 2.45) is 4.36 Å². The van der Waals surface area contributed by atoms with Crippen molar-refractivity contribution in [3.63, 3.8) is 0 Å². The Kier molecular flexibility index (Phi) is 3.59. The van der Waals surface area contributed by atoms with Crippen molar-refractivity contribution in [1.29, 1.82) is 0 Å². The van der Waals surface area contributed by atoms with Crippen LogP contribution in [0.4, 0.5) is 18.9 Å². The van der Waals surface area contributed by atoms with Gasteiger partial charge >= 0.3 is 6.36 Å². The van der Waals surface area contributed by atoms with Crippen molar-refractivity contribution < 1.29 is 22.1 Å². The van der Waals surface area contributed by atoms with Gasteiger partial charge in [-0.05, 0) is 24.6 Å². The lowest BCUT2D eigenvalue weighted by Crippen LogP contribution is -2.23. The van der Waals surface area contributed by atoms with Gasteiger partial charge in [0.05, 0.1) is 9.73 Å². The molecule has 100 valence electrons. The highest BCUT2D eigenvalue weighted by molar-refractivity contribution is 9.10. The molecule has 0 unspecified atom stereocenters. The van der Waals surface area contributed by atoms with Gasteiger partial charge in [-0.2, -0.15) is 4.36 Å². The topological polar surface area (TPSA) is 38.7 Å². The van der Waals surface area contributed by atoms with E-state index in [1.165, 1.54) is 12.1 Å². The predicted molar refractivity (Wildman–Crippen MR) is 65.4 cm³/mol. The fourth-order valence-corrected chi connectivity index (χ4v) is 3.25. The van der Waals surface area contributed by atoms with E-state index in [1.807, 2.05) is 0 Å². The van der Waals surface area contributed by atoms with E-state index in [0.717, 1.165) is 12.5 Å². The first kappa shape index (κ1) is 13.7. The van der Waals surface area contributed by atoms with Gasteiger partial charge < -0.3 is 4.74 Å². The predicted octanol–water partition coefficient (Wildman–Crippen LogP) is 3.85. The lowest BCUT2D eigenvalue weighted by Gasteiger charge is -2.19. The highest BCUT2D eigenvalue weighted by Crippen LogP contribution is 2.36. The number of rotatable bonds is 2. The molecule has 0 saturated carbocycles. The van der Waals surface area contributed by atoms with E-state index in [4.69, 9.17) is 0 Å². The second kappa shape index (κ2) is 4.73. The summed E-state index contributed by atoms with van der Waals surface area (Å²) in [6, 6.07) is 3.93. The molecular weight excluding hydrogens is 335 g/mol. The Balaban J connectivity index is 2.42. The van der Waals surface area contributed by atoms with E-state index >= 15 is 0 Å². The molecule has 1 aliphatic rings. The van der Waals surface area contributed by atoms with Crippen molar-refractivity contribution in [2.45, 2.75) is 12.8 Å². The first-order valence-electron chi connectivity index (χ1n) is 5.05. The van der Waals surface area contributed by atoms with E-state index in [9.17, 15) is 17.4 Å². The molecule has 0 radical (unpaired) electrons. The summed E-state index contributed by atoms with van der Waals surface area (Å²) in [6.07, 6.45) is -4.01. The molecule has 18 heavy (non-hydrogen) atoms. The summed E-state index contributed by atoms with van der Waals surface area (Å²) in [7, 11) is -2.38. The molecule has 2 rings (SSSR count). The molecule has 3 nitrogen and oxygen atoms in total. The van der Waals surface area contributed by atoms with Gasteiger partial charge in [0.25, 0.3) is 0 Å². The van der Waals surface area contributed by atoms with E-state index in [1.54, 1.807) is 0 Å². The third kappa shape index (κ3) is 3.38. The van der Waals surface area contributed by atoms with Gasteiger partial charge in [-0.15, -0.1) is 13.2 Å². The van der Waals surface area contributed by atoms with Crippen LogP contribution in [0.2, 0.25) is 0 Å². The van der Waals surface area contributed by atoms with Crippen LogP contribution in [0.15, 0.2) is 27.0 Å². The monoisotopic (exact) mass is 343 g/mol. The van der Waals surface area contributed by atoms with E-state index in [0.29, 0.717) is 16.0 Å². The maximum Gasteiger partial charge on any atom is 0.573 e. The molecule has 8 heteroatoms. The standard InChI is InChI=1S/C10H9BrF3NO2S/c11-7-2-3-9(17-10(12,13)14)8(6-7)15-18(16)4-1-5-18/h2-3,6H,1,4-5H2. The van der Waals surface area contributed by atoms with Crippen LogP contribution < -0.4 is 4.74 Å². The summed E-state index contributed by atoms with van der Waals surface area (Å²) in [5.74, 6) is 0.413. The van der Waals surface area contributed by atoms with Gasteiger partial charge in [0, 0.05) is 16.0 Å². The molecule has 1 heterocycles. The minimum Gasteiger partial charge on any atom is -0.403 e. The van der Waals surface area contributed by atoms with Gasteiger partial charge in [0.15, 0.2) is 5.75 Å². The van der Waals surface area contributed by atoms with Crippen molar-refractivity contribution in [1.82, 2.24) is 0 Å². The average Bonchev–Trinajstić information content (AvgIpc) is 2.18. The zero-order valence-electron chi connectivity index (χ0n) is 9.04. The molecule has 0 atom stereocenters. The highest BCUT2D eigenvalue weighted by atomic mass is 79.9. The Labute approximate surface area is 111 Å². The summed E-state index contributed by atoms with van der Waals surface area (Å²) in [5, 5.41) is 0. The Morgan fingerprint density at radius 2 is 2.00 bits per heavy atom. The highest BCUT2D eigenvalue weighted by Gasteiger charge is 2.32. The fourth-order valence-electron chi connectivity index (χ4n) is 1.43. The van der Waals surface area contributed by atoms with Gasteiger partial charge in [0.2, 0.25) is 0 Å². The maximum atomic E-state index is 12.2. The van der Waals surface area contributed by atoms with Gasteiger partial charge in [-0.3, -0.25) is 0 Å². The third-order valence-electron chi connectivity index (χ3n) is 2.34. The van der Waals surface area contributed by atoms with Crippen LogP contribution in [0.25, 0.3) is 0 Å². The SMILES string of the molecule is O=S1(=Nc2cc(Br)ccc2OC(F)(F)F)CCC1. The molecule has 1 saturated heterocycles. The third-order valence-corrected chi connectivity index (χ3v) is 5.21. The molecule has 0 spiro atoms. The smallest absolute Gasteiger partial charge is 0.403 e. The van der Waals surface area contributed by atoms with E-state index < -0.39 is 21.8 Å². The van der Waals surface area contributed by atoms with Crippen LogP contribution in [-0.2, 0) is 9.73 Å². The first-order valence-corrected chi connectivity index (χ1v) is 7.70. The zero-order chi connectivity index (χ0) is 13.4. The second-order valence-electron chi connectivity index (χ2n) is 3.79. The average molecular weight is 344 g/mol. The number of alkyl halides is 3. The summed E-state index contributed by atoms with van der Waals surface area (Å²) in [6.45, 7) is 0. The summed E-state index contributed by atoms with van der Waals surface area (Å²) >= 11 is 3.13. The van der Waals surface area contributed by atoms with Crippen molar-refractivity contribution in [3.05, 3.63) is 22.7 Å². The largest absolute Gasteiger partial charge is 0.573 e. The van der Waals surface area contributed by atoms with Crippen molar-refractivity contribution in [3.8, 4) is 5.75 Å². The fraction of sp³-hybridized carbons (Fsp3) is 0.400. The molecule has 0 bridgehead atoms. The Hall–Kier alpha value is -0.760. The maximum absolute atomic E-state index is 12.2. The molecule has 1 aromatic rings. The number of hydrogen-bond donors (Lipinski definition) is 0. The number of benzene rings is 1. The Morgan fingerprint density at radius 3 is 2.50 bits per heavy atom. The lowest BCUT2D eigenvalue weighted by molar-refractivity contribution is -0.274. The van der Waals surface area contributed by atoms with Crippen LogP contribution >= 0.6 is 15.9 Å². The van der Waals surface area contributed by atoms with Crippen LogP contribution in [0, 0.1) is 0 Å². The molecule has 1 aliphatic heterocycles. The quantitative estimate of drug-likeness (QED) is 0.817. The van der Waals surface area contributed by atoms with Crippen LogP contribution in [0.1, 0.15) is 6.42 Å². The molecular formula is C10H9BrF3NO2S. The Bertz CT molecular complexity index is 569. The molecule has 1 aromatic carbocycles. The minimum absolute atomic E-state index is 0.0357. The Morgan fingerprint density at radius 1 is 1.33 bits per heavy atom. The van der Waals surface area contributed by atoms with E-state index in [2.05, 4.69) is 25.0 Å². The first-order chi connectivity index (χ1) is 8.27. The van der Waals surface area contributed by atoms with Crippen LogP contribution in [-0.4, -0.2) is 22.1 Å². The summed E-state index contributed by atoms with van der Waals surface area (Å²) in [5.41, 5.74) is -0.0357. The molecule has 1 fully saturated rings. The summed E-state index contributed by atoms with van der Waals surface area (Å²) in [4.78, 5) is 0.